The van der Waals surface area contributed by atoms with Gasteiger partial charge in [0.1, 0.15) is 0 Å². The molecule has 2 atom stereocenters. The molecule has 0 radical (unpaired) electrons. The first-order chi connectivity index (χ1) is 7.33. The van der Waals surface area contributed by atoms with Crippen LogP contribution >= 0.6 is 0 Å². The van der Waals surface area contributed by atoms with E-state index in [1.54, 1.807) is 0 Å². The molecule has 0 saturated heterocycles. The molecule has 0 aromatic rings. The van der Waals surface area contributed by atoms with Crippen LogP contribution in [0.25, 0.3) is 0 Å². The normalized spacial score (nSPS) is 40.1. The van der Waals surface area contributed by atoms with Gasteiger partial charge in [-0.3, -0.25) is 0 Å². The summed E-state index contributed by atoms with van der Waals surface area (Å²) in [6.07, 6.45) is 10.0. The lowest BCUT2D eigenvalue weighted by atomic mass is 9.91. The molecule has 2 unspecified atom stereocenters. The van der Waals surface area contributed by atoms with E-state index >= 15 is 0 Å². The fourth-order valence-corrected chi connectivity index (χ4v) is 2.78. The summed E-state index contributed by atoms with van der Waals surface area (Å²) in [4.78, 5) is 0. The lowest BCUT2D eigenvalue weighted by Crippen LogP contribution is -2.39. The van der Waals surface area contributed by atoms with Gasteiger partial charge in [-0.05, 0) is 51.5 Å². The number of nitrogens with one attached hydrogen (secondary N) is 2. The molecule has 0 aromatic heterocycles. The van der Waals surface area contributed by atoms with Gasteiger partial charge in [0, 0.05) is 18.1 Å². The summed E-state index contributed by atoms with van der Waals surface area (Å²) in [6.45, 7) is 3.81. The van der Waals surface area contributed by atoms with Crippen LogP contribution in [0.5, 0.6) is 0 Å². The highest BCUT2D eigenvalue weighted by molar-refractivity contribution is 4.98. The summed E-state index contributed by atoms with van der Waals surface area (Å²) >= 11 is 0. The highest BCUT2D eigenvalue weighted by Gasteiger charge is 2.37. The molecule has 0 heterocycles. The Hall–Kier alpha value is -0.340. The predicted octanol–water partition coefficient (Wildman–Crippen LogP) is 2.07. The highest BCUT2D eigenvalue weighted by atomic mass is 15.0. The Morgan fingerprint density at radius 3 is 2.47 bits per heavy atom. The van der Waals surface area contributed by atoms with Crippen LogP contribution in [-0.2, 0) is 0 Å². The van der Waals surface area contributed by atoms with Crippen molar-refractivity contribution in [2.45, 2.75) is 56.7 Å². The Bertz CT molecular complexity index is 207. The van der Waals surface area contributed by atoms with Gasteiger partial charge in [0.15, 0.2) is 0 Å². The van der Waals surface area contributed by atoms with Crippen LogP contribution in [0.1, 0.15) is 38.5 Å². The van der Waals surface area contributed by atoms with Gasteiger partial charge >= 0.3 is 0 Å². The third kappa shape index (κ3) is 3.05. The molecule has 2 saturated carbocycles. The quantitative estimate of drug-likeness (QED) is 0.676. The van der Waals surface area contributed by atoms with Gasteiger partial charge in [0.05, 0.1) is 0 Å². The molecule has 0 bridgehead atoms. The number of hydrogen-bond acceptors (Lipinski definition) is 2. The fourth-order valence-electron chi connectivity index (χ4n) is 2.78. The van der Waals surface area contributed by atoms with Crippen molar-refractivity contribution in [2.24, 2.45) is 5.92 Å². The van der Waals surface area contributed by atoms with Crippen molar-refractivity contribution in [1.29, 1.82) is 0 Å². The van der Waals surface area contributed by atoms with Crippen LogP contribution in [0, 0.1) is 5.92 Å². The zero-order chi connectivity index (χ0) is 10.7. The Morgan fingerprint density at radius 1 is 1.20 bits per heavy atom. The SMILES string of the molecule is C=CCC1CC1NC1CCC(NC)CC1. The van der Waals surface area contributed by atoms with Gasteiger partial charge < -0.3 is 10.6 Å². The molecule has 0 amide bonds. The van der Waals surface area contributed by atoms with E-state index in [2.05, 4.69) is 30.3 Å². The molecule has 2 nitrogen and oxygen atoms in total. The van der Waals surface area contributed by atoms with Crippen LogP contribution in [0.2, 0.25) is 0 Å². The maximum absolute atomic E-state index is 3.81. The molecule has 15 heavy (non-hydrogen) atoms. The third-order valence-corrected chi connectivity index (χ3v) is 3.98. The van der Waals surface area contributed by atoms with Crippen LogP contribution in [0.4, 0.5) is 0 Å². The van der Waals surface area contributed by atoms with Crippen LogP contribution in [-0.4, -0.2) is 25.2 Å². The molecule has 2 aliphatic carbocycles. The molecule has 2 fully saturated rings. The standard InChI is InChI=1S/C13H24N2/c1-3-4-10-9-13(10)15-12-7-5-11(14-2)6-8-12/h3,10-15H,1,4-9H2,2H3. The lowest BCUT2D eigenvalue weighted by molar-refractivity contribution is 0.313. The molecule has 2 N–H and O–H groups in total. The van der Waals surface area contributed by atoms with E-state index in [1.807, 2.05) is 0 Å². The van der Waals surface area contributed by atoms with E-state index in [1.165, 1.54) is 38.5 Å². The average Bonchev–Trinajstić information content (AvgIpc) is 2.98. The maximum atomic E-state index is 3.81. The van der Waals surface area contributed by atoms with Crippen molar-refractivity contribution in [1.82, 2.24) is 10.6 Å². The monoisotopic (exact) mass is 208 g/mol. The smallest absolute Gasteiger partial charge is 0.0105 e. The summed E-state index contributed by atoms with van der Waals surface area (Å²) in [7, 11) is 2.08. The number of hydrogen-bond donors (Lipinski definition) is 2. The lowest BCUT2D eigenvalue weighted by Gasteiger charge is -2.29. The molecule has 0 spiro atoms. The summed E-state index contributed by atoms with van der Waals surface area (Å²) in [6, 6.07) is 2.36. The first-order valence-corrected chi connectivity index (χ1v) is 6.37. The topological polar surface area (TPSA) is 24.1 Å². The van der Waals surface area contributed by atoms with Crippen molar-refractivity contribution in [3.8, 4) is 0 Å². The van der Waals surface area contributed by atoms with Crippen LogP contribution in [0.3, 0.4) is 0 Å². The summed E-state index contributed by atoms with van der Waals surface area (Å²) in [5, 5.41) is 7.18. The third-order valence-electron chi connectivity index (χ3n) is 3.98. The highest BCUT2D eigenvalue weighted by Crippen LogP contribution is 2.35. The van der Waals surface area contributed by atoms with Gasteiger partial charge in [-0.25, -0.2) is 0 Å². The van der Waals surface area contributed by atoms with E-state index in [0.29, 0.717) is 0 Å². The van der Waals surface area contributed by atoms with Crippen LogP contribution in [0.15, 0.2) is 12.7 Å². The summed E-state index contributed by atoms with van der Waals surface area (Å²) in [5.74, 6) is 0.893. The van der Waals surface area contributed by atoms with Crippen molar-refractivity contribution < 1.29 is 0 Å². The fraction of sp³-hybridized carbons (Fsp3) is 0.846. The molecule has 86 valence electrons. The van der Waals surface area contributed by atoms with E-state index in [-0.39, 0.29) is 0 Å². The van der Waals surface area contributed by atoms with Gasteiger partial charge in [0.2, 0.25) is 0 Å². The zero-order valence-corrected chi connectivity index (χ0v) is 9.84. The summed E-state index contributed by atoms with van der Waals surface area (Å²) < 4.78 is 0. The summed E-state index contributed by atoms with van der Waals surface area (Å²) in [5.41, 5.74) is 0. The molecular formula is C13H24N2. The van der Waals surface area contributed by atoms with E-state index < -0.39 is 0 Å². The second kappa shape index (κ2) is 5.13. The molecule has 0 aliphatic heterocycles. The van der Waals surface area contributed by atoms with Crippen LogP contribution < -0.4 is 10.6 Å². The maximum Gasteiger partial charge on any atom is 0.0105 e. The van der Waals surface area contributed by atoms with Crippen molar-refractivity contribution >= 4 is 0 Å². The second-order valence-electron chi connectivity index (χ2n) is 5.13. The Balaban J connectivity index is 1.63. The largest absolute Gasteiger partial charge is 0.317 e. The molecular weight excluding hydrogens is 184 g/mol. The minimum Gasteiger partial charge on any atom is -0.317 e. The van der Waals surface area contributed by atoms with E-state index in [0.717, 1.165) is 24.0 Å². The Labute approximate surface area is 93.5 Å². The van der Waals surface area contributed by atoms with Crippen molar-refractivity contribution in [3.63, 3.8) is 0 Å². The van der Waals surface area contributed by atoms with Gasteiger partial charge in [0.25, 0.3) is 0 Å². The predicted molar refractivity (Wildman–Crippen MR) is 64.9 cm³/mol. The zero-order valence-electron chi connectivity index (χ0n) is 9.84. The Morgan fingerprint density at radius 2 is 1.87 bits per heavy atom. The molecule has 2 heteroatoms. The Kier molecular flexibility index (Phi) is 3.81. The van der Waals surface area contributed by atoms with Gasteiger partial charge in [-0.15, -0.1) is 6.58 Å². The minimum atomic E-state index is 0.770. The second-order valence-corrected chi connectivity index (χ2v) is 5.13. The van der Waals surface area contributed by atoms with E-state index in [9.17, 15) is 0 Å². The number of allylic oxidation sites excluding steroid dienone is 1. The minimum absolute atomic E-state index is 0.770. The first-order valence-electron chi connectivity index (χ1n) is 6.37. The molecule has 0 aromatic carbocycles. The average molecular weight is 208 g/mol. The van der Waals surface area contributed by atoms with Gasteiger partial charge in [-0.2, -0.15) is 0 Å². The van der Waals surface area contributed by atoms with Crippen molar-refractivity contribution in [2.75, 3.05) is 7.05 Å². The van der Waals surface area contributed by atoms with Gasteiger partial charge in [-0.1, -0.05) is 6.08 Å². The van der Waals surface area contributed by atoms with E-state index in [4.69, 9.17) is 0 Å². The number of rotatable bonds is 5. The van der Waals surface area contributed by atoms with Crippen molar-refractivity contribution in [3.05, 3.63) is 12.7 Å². The first kappa shape index (κ1) is 11.2. The molecule has 2 rings (SSSR count). The molecule has 2 aliphatic rings.